The Labute approximate surface area is 188 Å². The summed E-state index contributed by atoms with van der Waals surface area (Å²) in [6, 6.07) is 12.8. The van der Waals surface area contributed by atoms with Crippen LogP contribution in [0.4, 0.5) is 11.4 Å². The Morgan fingerprint density at radius 1 is 1.16 bits per heavy atom. The zero-order valence-corrected chi connectivity index (χ0v) is 18.9. The normalized spacial score (nSPS) is 15.4. The number of rotatable bonds is 8. The van der Waals surface area contributed by atoms with Crippen molar-refractivity contribution in [1.82, 2.24) is 4.90 Å². The minimum Gasteiger partial charge on any atom is -0.497 e. The second-order valence-electron chi connectivity index (χ2n) is 7.70. The molecule has 2 aromatic carbocycles. The largest absolute Gasteiger partial charge is 0.497 e. The van der Waals surface area contributed by atoms with Gasteiger partial charge in [0.05, 0.1) is 32.4 Å². The van der Waals surface area contributed by atoms with Gasteiger partial charge < -0.3 is 24.6 Å². The molecule has 8 heteroatoms. The highest BCUT2D eigenvalue weighted by Gasteiger charge is 2.38. The minimum absolute atomic E-state index is 0.0732. The van der Waals surface area contributed by atoms with Crippen molar-refractivity contribution in [3.8, 4) is 11.5 Å². The van der Waals surface area contributed by atoms with E-state index in [9.17, 15) is 14.4 Å². The molecule has 0 aromatic heterocycles. The Bertz CT molecular complexity index is 1010. The highest BCUT2D eigenvalue weighted by atomic mass is 16.5. The Kier molecular flexibility index (Phi) is 7.35. The van der Waals surface area contributed by atoms with E-state index in [4.69, 9.17) is 9.47 Å². The molecule has 1 aliphatic rings. The second kappa shape index (κ2) is 10.2. The lowest BCUT2D eigenvalue weighted by Gasteiger charge is -2.22. The summed E-state index contributed by atoms with van der Waals surface area (Å²) in [5.41, 5.74) is 2.33. The monoisotopic (exact) mass is 439 g/mol. The third-order valence-electron chi connectivity index (χ3n) is 5.58. The van der Waals surface area contributed by atoms with Gasteiger partial charge in [0.15, 0.2) is 0 Å². The molecule has 1 fully saturated rings. The summed E-state index contributed by atoms with van der Waals surface area (Å²) in [4.78, 5) is 41.1. The number of amides is 3. The summed E-state index contributed by atoms with van der Waals surface area (Å²) >= 11 is 0. The number of hydrogen-bond acceptors (Lipinski definition) is 5. The van der Waals surface area contributed by atoms with Crippen molar-refractivity contribution in [2.75, 3.05) is 44.6 Å². The number of carbonyl (C=O) groups is 3. The van der Waals surface area contributed by atoms with E-state index in [0.29, 0.717) is 17.2 Å². The van der Waals surface area contributed by atoms with Crippen molar-refractivity contribution in [3.63, 3.8) is 0 Å². The molecule has 0 bridgehead atoms. The first-order valence-electron chi connectivity index (χ1n) is 10.5. The van der Waals surface area contributed by atoms with E-state index < -0.39 is 5.92 Å². The number of para-hydroxylation sites is 1. The molecule has 0 aliphatic carbocycles. The molecule has 3 rings (SSSR count). The van der Waals surface area contributed by atoms with Crippen LogP contribution in [0.25, 0.3) is 0 Å². The number of benzene rings is 2. The van der Waals surface area contributed by atoms with Crippen LogP contribution in [0.15, 0.2) is 42.5 Å². The van der Waals surface area contributed by atoms with Crippen LogP contribution >= 0.6 is 0 Å². The molecule has 1 unspecified atom stereocenters. The lowest BCUT2D eigenvalue weighted by molar-refractivity contribution is -0.137. The number of nitrogens with zero attached hydrogens (tertiary/aromatic N) is 2. The van der Waals surface area contributed by atoms with Crippen molar-refractivity contribution in [1.29, 1.82) is 0 Å². The maximum atomic E-state index is 13.0. The first-order chi connectivity index (χ1) is 15.4. The van der Waals surface area contributed by atoms with Gasteiger partial charge in [-0.25, -0.2) is 0 Å². The van der Waals surface area contributed by atoms with Gasteiger partial charge >= 0.3 is 0 Å². The van der Waals surface area contributed by atoms with E-state index in [0.717, 1.165) is 17.7 Å². The predicted molar refractivity (Wildman–Crippen MR) is 122 cm³/mol. The van der Waals surface area contributed by atoms with Crippen LogP contribution in [0.5, 0.6) is 11.5 Å². The maximum Gasteiger partial charge on any atom is 0.243 e. The van der Waals surface area contributed by atoms with E-state index in [1.807, 2.05) is 31.2 Å². The standard InChI is InChI=1S/C24H29N3O5/c1-5-16-8-6-7-9-19(16)25-22(28)15-26(2)24(30)17-12-23(29)27(14-17)20-13-18(31-3)10-11-21(20)32-4/h6-11,13,17H,5,12,14-15H2,1-4H3,(H,25,28). The van der Waals surface area contributed by atoms with E-state index in [2.05, 4.69) is 5.32 Å². The summed E-state index contributed by atoms with van der Waals surface area (Å²) in [6.07, 6.45) is 0.864. The van der Waals surface area contributed by atoms with Gasteiger partial charge in [-0.3, -0.25) is 14.4 Å². The van der Waals surface area contributed by atoms with Gasteiger partial charge in [-0.15, -0.1) is 0 Å². The van der Waals surface area contributed by atoms with Crippen LogP contribution in [0, 0.1) is 5.92 Å². The maximum absolute atomic E-state index is 13.0. The molecule has 32 heavy (non-hydrogen) atoms. The Balaban J connectivity index is 1.66. The number of nitrogens with one attached hydrogen (secondary N) is 1. The number of methoxy groups -OCH3 is 2. The first-order valence-corrected chi connectivity index (χ1v) is 10.5. The molecule has 1 saturated heterocycles. The number of anilines is 2. The van der Waals surface area contributed by atoms with Crippen LogP contribution in [0.2, 0.25) is 0 Å². The van der Waals surface area contributed by atoms with E-state index in [1.54, 1.807) is 32.4 Å². The fourth-order valence-corrected chi connectivity index (χ4v) is 3.86. The molecule has 0 spiro atoms. The molecule has 1 heterocycles. The minimum atomic E-state index is -0.542. The number of carbonyl (C=O) groups excluding carboxylic acids is 3. The predicted octanol–water partition coefficient (Wildman–Crippen LogP) is 2.72. The van der Waals surface area contributed by atoms with E-state index >= 15 is 0 Å². The van der Waals surface area contributed by atoms with Crippen LogP contribution < -0.4 is 19.7 Å². The van der Waals surface area contributed by atoms with Gasteiger partial charge in [-0.05, 0) is 30.2 Å². The van der Waals surface area contributed by atoms with Gasteiger partial charge in [0.1, 0.15) is 11.5 Å². The summed E-state index contributed by atoms with van der Waals surface area (Å²) < 4.78 is 10.6. The van der Waals surface area contributed by atoms with Gasteiger partial charge in [0, 0.05) is 31.8 Å². The molecule has 8 nitrogen and oxygen atoms in total. The zero-order chi connectivity index (χ0) is 23.3. The quantitative estimate of drug-likeness (QED) is 0.683. The number of ether oxygens (including phenoxy) is 2. The van der Waals surface area contributed by atoms with Crippen molar-refractivity contribution >= 4 is 29.1 Å². The average Bonchev–Trinajstić information content (AvgIpc) is 3.19. The number of aryl methyl sites for hydroxylation is 1. The third-order valence-corrected chi connectivity index (χ3v) is 5.58. The molecule has 170 valence electrons. The SMILES string of the molecule is CCc1ccccc1NC(=O)CN(C)C(=O)C1CC(=O)N(c2cc(OC)ccc2OC)C1. The smallest absolute Gasteiger partial charge is 0.243 e. The van der Waals surface area contributed by atoms with Crippen LogP contribution in [-0.4, -0.2) is 57.0 Å². The topological polar surface area (TPSA) is 88.2 Å². The van der Waals surface area contributed by atoms with Gasteiger partial charge in [-0.1, -0.05) is 25.1 Å². The van der Waals surface area contributed by atoms with Crippen LogP contribution in [0.1, 0.15) is 18.9 Å². The fourth-order valence-electron chi connectivity index (χ4n) is 3.86. The lowest BCUT2D eigenvalue weighted by atomic mass is 10.1. The third kappa shape index (κ3) is 5.01. The summed E-state index contributed by atoms with van der Waals surface area (Å²) in [5.74, 6) is -0.137. The second-order valence-corrected chi connectivity index (χ2v) is 7.70. The molecule has 1 atom stereocenters. The Morgan fingerprint density at radius 3 is 2.59 bits per heavy atom. The summed E-state index contributed by atoms with van der Waals surface area (Å²) in [7, 11) is 4.65. The first kappa shape index (κ1) is 23.1. The molecular formula is C24H29N3O5. The number of hydrogen-bond donors (Lipinski definition) is 1. The molecule has 3 amide bonds. The van der Waals surface area contributed by atoms with Gasteiger partial charge in [0.2, 0.25) is 17.7 Å². The van der Waals surface area contributed by atoms with E-state index in [1.165, 1.54) is 16.9 Å². The highest BCUT2D eigenvalue weighted by molar-refractivity contribution is 6.02. The zero-order valence-electron chi connectivity index (χ0n) is 18.9. The van der Waals surface area contributed by atoms with Gasteiger partial charge in [0.25, 0.3) is 0 Å². The summed E-state index contributed by atoms with van der Waals surface area (Å²) in [5, 5.41) is 2.87. The molecule has 0 radical (unpaired) electrons. The summed E-state index contributed by atoms with van der Waals surface area (Å²) in [6.45, 7) is 2.14. The molecule has 1 aliphatic heterocycles. The Hall–Kier alpha value is -3.55. The lowest BCUT2D eigenvalue weighted by Crippen LogP contribution is -2.39. The van der Waals surface area contributed by atoms with Crippen LogP contribution in [-0.2, 0) is 20.8 Å². The van der Waals surface area contributed by atoms with E-state index in [-0.39, 0.29) is 37.2 Å². The van der Waals surface area contributed by atoms with Crippen molar-refractivity contribution < 1.29 is 23.9 Å². The average molecular weight is 440 g/mol. The van der Waals surface area contributed by atoms with Gasteiger partial charge in [-0.2, -0.15) is 0 Å². The molecular weight excluding hydrogens is 410 g/mol. The molecule has 0 saturated carbocycles. The molecule has 1 N–H and O–H groups in total. The number of likely N-dealkylation sites (N-methyl/N-ethyl adjacent to an activating group) is 1. The van der Waals surface area contributed by atoms with Crippen molar-refractivity contribution in [2.45, 2.75) is 19.8 Å². The van der Waals surface area contributed by atoms with Crippen molar-refractivity contribution in [2.24, 2.45) is 5.92 Å². The highest BCUT2D eigenvalue weighted by Crippen LogP contribution is 2.36. The van der Waals surface area contributed by atoms with Crippen molar-refractivity contribution in [3.05, 3.63) is 48.0 Å². The fraction of sp³-hybridized carbons (Fsp3) is 0.375. The molecule has 2 aromatic rings. The van der Waals surface area contributed by atoms with Crippen LogP contribution in [0.3, 0.4) is 0 Å². The Morgan fingerprint density at radius 2 is 1.91 bits per heavy atom.